The molecule has 0 spiro atoms. The first-order chi connectivity index (χ1) is 8.27. The summed E-state index contributed by atoms with van der Waals surface area (Å²) in [6, 6.07) is 13.8. The maximum atomic E-state index is 6.13. The predicted octanol–water partition coefficient (Wildman–Crippen LogP) is 4.42. The Morgan fingerprint density at radius 2 is 1.82 bits per heavy atom. The van der Waals surface area contributed by atoms with Crippen LogP contribution in [0.2, 0.25) is 5.15 Å². The van der Waals surface area contributed by atoms with Gasteiger partial charge in [-0.3, -0.25) is 4.40 Å². The van der Waals surface area contributed by atoms with Crippen molar-refractivity contribution in [3.63, 3.8) is 0 Å². The van der Waals surface area contributed by atoms with Crippen molar-refractivity contribution in [1.29, 1.82) is 0 Å². The van der Waals surface area contributed by atoms with Gasteiger partial charge in [0, 0.05) is 16.2 Å². The molecule has 0 aliphatic heterocycles. The van der Waals surface area contributed by atoms with Crippen molar-refractivity contribution in [1.82, 2.24) is 9.38 Å². The fourth-order valence-electron chi connectivity index (χ4n) is 1.83. The number of halogens is 2. The minimum absolute atomic E-state index is 0.524. The highest BCUT2D eigenvalue weighted by Gasteiger charge is 2.12. The normalized spacial score (nSPS) is 10.9. The van der Waals surface area contributed by atoms with Gasteiger partial charge in [-0.1, -0.05) is 51.8 Å². The summed E-state index contributed by atoms with van der Waals surface area (Å²) < 4.78 is 3.00. The number of rotatable bonds is 1. The summed E-state index contributed by atoms with van der Waals surface area (Å²) >= 11 is 9.66. The van der Waals surface area contributed by atoms with Crippen LogP contribution >= 0.6 is 27.5 Å². The summed E-state index contributed by atoms with van der Waals surface area (Å²) in [6.45, 7) is 0. The van der Waals surface area contributed by atoms with Gasteiger partial charge in [-0.25, -0.2) is 4.98 Å². The third-order valence-electron chi connectivity index (χ3n) is 2.62. The van der Waals surface area contributed by atoms with Gasteiger partial charge >= 0.3 is 0 Å². The molecule has 0 amide bonds. The molecule has 84 valence electrons. The average Bonchev–Trinajstić information content (AvgIpc) is 2.68. The predicted molar refractivity (Wildman–Crippen MR) is 73.3 cm³/mol. The highest BCUT2D eigenvalue weighted by Crippen LogP contribution is 2.30. The molecule has 0 bridgehead atoms. The van der Waals surface area contributed by atoms with E-state index in [-0.39, 0.29) is 0 Å². The van der Waals surface area contributed by atoms with Crippen molar-refractivity contribution in [2.24, 2.45) is 0 Å². The van der Waals surface area contributed by atoms with E-state index in [9.17, 15) is 0 Å². The Kier molecular flexibility index (Phi) is 2.65. The van der Waals surface area contributed by atoms with Crippen LogP contribution in [0, 0.1) is 0 Å². The molecule has 1 aromatic carbocycles. The van der Waals surface area contributed by atoms with Gasteiger partial charge in [-0.15, -0.1) is 0 Å². The number of hydrogen-bond acceptors (Lipinski definition) is 1. The Morgan fingerprint density at radius 3 is 2.65 bits per heavy atom. The van der Waals surface area contributed by atoms with E-state index in [2.05, 4.69) is 20.9 Å². The van der Waals surface area contributed by atoms with Crippen LogP contribution in [0.3, 0.4) is 0 Å². The molecule has 2 nitrogen and oxygen atoms in total. The highest BCUT2D eigenvalue weighted by atomic mass is 79.9. The largest absolute Gasteiger partial charge is 0.298 e. The SMILES string of the molecule is Clc1nc(-c2ccccc2Br)n2ccccc12. The Hall–Kier alpha value is -1.32. The Bertz CT molecular complexity index is 691. The van der Waals surface area contributed by atoms with Crippen LogP contribution in [0.1, 0.15) is 0 Å². The van der Waals surface area contributed by atoms with Crippen LogP contribution in [0.4, 0.5) is 0 Å². The molecule has 17 heavy (non-hydrogen) atoms. The minimum atomic E-state index is 0.524. The highest BCUT2D eigenvalue weighted by molar-refractivity contribution is 9.10. The molecule has 0 saturated heterocycles. The number of pyridine rings is 1. The van der Waals surface area contributed by atoms with Crippen LogP contribution in [0.25, 0.3) is 16.9 Å². The molecule has 3 aromatic rings. The Labute approximate surface area is 112 Å². The molecule has 0 fully saturated rings. The maximum Gasteiger partial charge on any atom is 0.155 e. The van der Waals surface area contributed by atoms with Gasteiger partial charge in [-0.2, -0.15) is 0 Å². The van der Waals surface area contributed by atoms with Gasteiger partial charge in [-0.05, 0) is 18.2 Å². The number of nitrogens with zero attached hydrogens (tertiary/aromatic N) is 2. The van der Waals surface area contributed by atoms with Crippen molar-refractivity contribution in [2.75, 3.05) is 0 Å². The second kappa shape index (κ2) is 4.17. The average molecular weight is 308 g/mol. The molecule has 3 rings (SSSR count). The lowest BCUT2D eigenvalue weighted by molar-refractivity contribution is 1.16. The van der Waals surface area contributed by atoms with E-state index in [1.54, 1.807) is 0 Å². The smallest absolute Gasteiger partial charge is 0.155 e. The Balaban J connectivity index is 2.35. The van der Waals surface area contributed by atoms with Crippen LogP contribution in [-0.4, -0.2) is 9.38 Å². The molecule has 0 aliphatic rings. The zero-order chi connectivity index (χ0) is 11.8. The molecule has 2 aromatic heterocycles. The van der Waals surface area contributed by atoms with Crippen molar-refractivity contribution < 1.29 is 0 Å². The topological polar surface area (TPSA) is 17.3 Å². The van der Waals surface area contributed by atoms with E-state index >= 15 is 0 Å². The van der Waals surface area contributed by atoms with E-state index in [0.717, 1.165) is 21.4 Å². The van der Waals surface area contributed by atoms with Crippen molar-refractivity contribution >= 4 is 33.0 Å². The number of hydrogen-bond donors (Lipinski definition) is 0. The summed E-state index contributed by atoms with van der Waals surface area (Å²) in [5.41, 5.74) is 1.94. The number of fused-ring (bicyclic) bond motifs is 1. The van der Waals surface area contributed by atoms with Crippen LogP contribution in [0.15, 0.2) is 53.1 Å². The van der Waals surface area contributed by atoms with Gasteiger partial charge in [0.1, 0.15) is 5.82 Å². The summed E-state index contributed by atoms with van der Waals surface area (Å²) in [7, 11) is 0. The number of aromatic nitrogens is 2. The van der Waals surface area contributed by atoms with Crippen LogP contribution in [-0.2, 0) is 0 Å². The zero-order valence-electron chi connectivity index (χ0n) is 8.77. The first-order valence-electron chi connectivity index (χ1n) is 5.15. The lowest BCUT2D eigenvalue weighted by Gasteiger charge is -2.02. The first kappa shape index (κ1) is 10.8. The van der Waals surface area contributed by atoms with Gasteiger partial charge in [0.15, 0.2) is 5.15 Å². The second-order valence-corrected chi connectivity index (χ2v) is 4.87. The van der Waals surface area contributed by atoms with E-state index in [4.69, 9.17) is 11.6 Å². The lowest BCUT2D eigenvalue weighted by Crippen LogP contribution is -1.89. The van der Waals surface area contributed by atoms with E-state index in [1.807, 2.05) is 53.1 Å². The maximum absolute atomic E-state index is 6.13. The standard InChI is InChI=1S/C13H8BrClN2/c14-10-6-2-1-5-9(10)13-16-12(15)11-7-3-4-8-17(11)13/h1-8H. The molecule has 0 radical (unpaired) electrons. The summed E-state index contributed by atoms with van der Waals surface area (Å²) in [4.78, 5) is 4.42. The van der Waals surface area contributed by atoms with E-state index < -0.39 is 0 Å². The molecule has 0 atom stereocenters. The summed E-state index contributed by atoms with van der Waals surface area (Å²) in [5.74, 6) is 0.845. The Morgan fingerprint density at radius 1 is 1.06 bits per heavy atom. The number of imidazole rings is 1. The van der Waals surface area contributed by atoms with Gasteiger partial charge in [0.25, 0.3) is 0 Å². The van der Waals surface area contributed by atoms with Crippen molar-refractivity contribution in [3.8, 4) is 11.4 Å². The molecule has 0 aliphatic carbocycles. The summed E-state index contributed by atoms with van der Waals surface area (Å²) in [6.07, 6.45) is 1.96. The first-order valence-corrected chi connectivity index (χ1v) is 6.32. The fourth-order valence-corrected chi connectivity index (χ4v) is 2.53. The van der Waals surface area contributed by atoms with Gasteiger partial charge in [0.05, 0.1) is 5.52 Å². The fraction of sp³-hybridized carbons (Fsp3) is 0. The van der Waals surface area contributed by atoms with Gasteiger partial charge < -0.3 is 0 Å². The molecule has 2 heterocycles. The molecule has 0 saturated carbocycles. The number of benzene rings is 1. The zero-order valence-corrected chi connectivity index (χ0v) is 11.1. The monoisotopic (exact) mass is 306 g/mol. The molecular weight excluding hydrogens is 300 g/mol. The molecule has 0 unspecified atom stereocenters. The minimum Gasteiger partial charge on any atom is -0.298 e. The van der Waals surface area contributed by atoms with Crippen LogP contribution < -0.4 is 0 Å². The quantitative estimate of drug-likeness (QED) is 0.650. The van der Waals surface area contributed by atoms with Crippen molar-refractivity contribution in [2.45, 2.75) is 0 Å². The molecular formula is C13H8BrClN2. The van der Waals surface area contributed by atoms with Gasteiger partial charge in [0.2, 0.25) is 0 Å². The molecule has 4 heteroatoms. The second-order valence-electron chi connectivity index (χ2n) is 3.66. The van der Waals surface area contributed by atoms with Crippen molar-refractivity contribution in [3.05, 3.63) is 58.3 Å². The lowest BCUT2D eigenvalue weighted by atomic mass is 10.2. The molecule has 0 N–H and O–H groups in total. The van der Waals surface area contributed by atoms with Crippen LogP contribution in [0.5, 0.6) is 0 Å². The summed E-state index contributed by atoms with van der Waals surface area (Å²) in [5, 5.41) is 0.524. The third kappa shape index (κ3) is 1.75. The van der Waals surface area contributed by atoms with E-state index in [1.165, 1.54) is 0 Å². The third-order valence-corrected chi connectivity index (χ3v) is 3.59. The van der Waals surface area contributed by atoms with E-state index in [0.29, 0.717) is 5.15 Å².